The van der Waals surface area contributed by atoms with E-state index in [4.69, 9.17) is 14.2 Å². The molecule has 0 atom stereocenters. The average molecular weight is 391 g/mol. The van der Waals surface area contributed by atoms with Crippen LogP contribution in [-0.2, 0) is 14.6 Å². The Labute approximate surface area is 158 Å². The molecule has 0 radical (unpaired) electrons. The van der Waals surface area contributed by atoms with E-state index in [0.717, 1.165) is 0 Å². The zero-order valence-corrected chi connectivity index (χ0v) is 15.8. The van der Waals surface area contributed by atoms with Crippen molar-refractivity contribution in [3.05, 3.63) is 42.5 Å². The van der Waals surface area contributed by atoms with Gasteiger partial charge in [-0.05, 0) is 43.3 Å². The first-order valence-electron chi connectivity index (χ1n) is 8.63. The van der Waals surface area contributed by atoms with Gasteiger partial charge >= 0.3 is 0 Å². The molecule has 0 saturated carbocycles. The van der Waals surface area contributed by atoms with Crippen molar-refractivity contribution in [3.63, 3.8) is 0 Å². The standard InChI is InChI=1S/C19H21NO6S/c1-2-24-15-5-3-14(4-6-15)20-19(21)9-12-27(22,23)16-7-8-17-18(13-16)26-11-10-25-17/h3-8,13H,2,9-12H2,1H3,(H,20,21). The highest BCUT2D eigenvalue weighted by atomic mass is 32.2. The van der Waals surface area contributed by atoms with Crippen LogP contribution < -0.4 is 19.5 Å². The molecule has 0 unspecified atom stereocenters. The molecule has 0 aromatic heterocycles. The molecule has 0 aliphatic carbocycles. The molecule has 144 valence electrons. The topological polar surface area (TPSA) is 90.9 Å². The summed E-state index contributed by atoms with van der Waals surface area (Å²) >= 11 is 0. The van der Waals surface area contributed by atoms with Crippen LogP contribution in [0.25, 0.3) is 0 Å². The predicted molar refractivity (Wildman–Crippen MR) is 100 cm³/mol. The lowest BCUT2D eigenvalue weighted by Crippen LogP contribution is -2.18. The molecule has 1 aliphatic heterocycles. The zero-order valence-electron chi connectivity index (χ0n) is 14.9. The van der Waals surface area contributed by atoms with Gasteiger partial charge < -0.3 is 19.5 Å². The summed E-state index contributed by atoms with van der Waals surface area (Å²) in [6.07, 6.45) is -0.149. The molecule has 1 amide bonds. The van der Waals surface area contributed by atoms with Crippen LogP contribution in [-0.4, -0.2) is 39.9 Å². The monoisotopic (exact) mass is 391 g/mol. The number of carbonyl (C=O) groups excluding carboxylic acids is 1. The summed E-state index contributed by atoms with van der Waals surface area (Å²) in [5, 5.41) is 2.68. The van der Waals surface area contributed by atoms with E-state index in [0.29, 0.717) is 42.8 Å². The fraction of sp³-hybridized carbons (Fsp3) is 0.316. The van der Waals surface area contributed by atoms with Gasteiger partial charge in [-0.2, -0.15) is 0 Å². The Morgan fingerprint density at radius 2 is 1.78 bits per heavy atom. The van der Waals surface area contributed by atoms with Gasteiger partial charge in [0.2, 0.25) is 5.91 Å². The Morgan fingerprint density at radius 1 is 1.07 bits per heavy atom. The number of benzene rings is 2. The van der Waals surface area contributed by atoms with E-state index in [1.54, 1.807) is 30.3 Å². The van der Waals surface area contributed by atoms with Gasteiger partial charge in [0.15, 0.2) is 21.3 Å². The van der Waals surface area contributed by atoms with E-state index in [2.05, 4.69) is 5.32 Å². The summed E-state index contributed by atoms with van der Waals surface area (Å²) in [5.74, 6) is 0.960. The third-order valence-electron chi connectivity index (χ3n) is 3.92. The number of hydrogen-bond donors (Lipinski definition) is 1. The maximum absolute atomic E-state index is 12.5. The molecular formula is C19H21NO6S. The number of carbonyl (C=O) groups is 1. The normalized spacial score (nSPS) is 13.1. The average Bonchev–Trinajstić information content (AvgIpc) is 2.68. The van der Waals surface area contributed by atoms with E-state index >= 15 is 0 Å². The number of anilines is 1. The zero-order chi connectivity index (χ0) is 19.3. The van der Waals surface area contributed by atoms with E-state index in [9.17, 15) is 13.2 Å². The molecule has 7 nitrogen and oxygen atoms in total. The van der Waals surface area contributed by atoms with E-state index in [-0.39, 0.29) is 23.0 Å². The largest absolute Gasteiger partial charge is 0.494 e. The van der Waals surface area contributed by atoms with Crippen LogP contribution in [0.3, 0.4) is 0 Å². The molecule has 0 saturated heterocycles. The van der Waals surface area contributed by atoms with Crippen molar-refractivity contribution in [2.45, 2.75) is 18.2 Å². The number of nitrogens with one attached hydrogen (secondary N) is 1. The van der Waals surface area contributed by atoms with Crippen molar-refractivity contribution in [3.8, 4) is 17.2 Å². The van der Waals surface area contributed by atoms with Gasteiger partial charge in [0.1, 0.15) is 19.0 Å². The molecular weight excluding hydrogens is 370 g/mol. The Bertz CT molecular complexity index is 908. The molecule has 0 fully saturated rings. The molecule has 1 aliphatic rings. The lowest BCUT2D eigenvalue weighted by molar-refractivity contribution is -0.115. The molecule has 2 aromatic carbocycles. The SMILES string of the molecule is CCOc1ccc(NC(=O)CCS(=O)(=O)c2ccc3c(c2)OCCO3)cc1. The number of ether oxygens (including phenoxy) is 3. The lowest BCUT2D eigenvalue weighted by atomic mass is 10.3. The summed E-state index contributed by atoms with van der Waals surface area (Å²) in [6, 6.07) is 11.4. The van der Waals surface area contributed by atoms with Crippen molar-refractivity contribution < 1.29 is 27.4 Å². The summed E-state index contributed by atoms with van der Waals surface area (Å²) in [6.45, 7) is 3.26. The minimum atomic E-state index is -3.61. The highest BCUT2D eigenvalue weighted by Crippen LogP contribution is 2.32. The lowest BCUT2D eigenvalue weighted by Gasteiger charge is -2.18. The Balaban J connectivity index is 1.58. The van der Waals surface area contributed by atoms with Crippen LogP contribution in [0.2, 0.25) is 0 Å². The first-order valence-corrected chi connectivity index (χ1v) is 10.3. The second-order valence-corrected chi connectivity index (χ2v) is 7.99. The van der Waals surface area contributed by atoms with E-state index < -0.39 is 9.84 Å². The third-order valence-corrected chi connectivity index (χ3v) is 5.63. The maximum Gasteiger partial charge on any atom is 0.225 e. The van der Waals surface area contributed by atoms with Crippen molar-refractivity contribution in [2.75, 3.05) is 30.9 Å². The summed E-state index contributed by atoms with van der Waals surface area (Å²) < 4.78 is 41.1. The second-order valence-electron chi connectivity index (χ2n) is 5.88. The van der Waals surface area contributed by atoms with E-state index in [1.165, 1.54) is 12.1 Å². The second kappa shape index (κ2) is 8.30. The van der Waals surface area contributed by atoms with E-state index in [1.807, 2.05) is 6.92 Å². The first kappa shape index (κ1) is 19.0. The Morgan fingerprint density at radius 3 is 2.48 bits per heavy atom. The van der Waals surface area contributed by atoms with Gasteiger partial charge in [0, 0.05) is 18.2 Å². The predicted octanol–water partition coefficient (Wildman–Crippen LogP) is 2.66. The molecule has 3 rings (SSSR count). The van der Waals surface area contributed by atoms with Crippen LogP contribution >= 0.6 is 0 Å². The molecule has 0 spiro atoms. The van der Waals surface area contributed by atoms with Gasteiger partial charge in [-0.15, -0.1) is 0 Å². The quantitative estimate of drug-likeness (QED) is 0.780. The highest BCUT2D eigenvalue weighted by molar-refractivity contribution is 7.91. The highest BCUT2D eigenvalue weighted by Gasteiger charge is 2.20. The number of hydrogen-bond acceptors (Lipinski definition) is 6. The van der Waals surface area contributed by atoms with Crippen LogP contribution in [0.1, 0.15) is 13.3 Å². The minimum Gasteiger partial charge on any atom is -0.494 e. The third kappa shape index (κ3) is 4.91. The fourth-order valence-corrected chi connectivity index (χ4v) is 3.84. The number of rotatable bonds is 7. The van der Waals surface area contributed by atoms with Gasteiger partial charge in [-0.25, -0.2) is 8.42 Å². The van der Waals surface area contributed by atoms with Gasteiger partial charge in [0.25, 0.3) is 0 Å². The van der Waals surface area contributed by atoms with Crippen LogP contribution in [0, 0.1) is 0 Å². The fourth-order valence-electron chi connectivity index (χ4n) is 2.59. The van der Waals surface area contributed by atoms with Gasteiger partial charge in [-0.3, -0.25) is 4.79 Å². The molecule has 1 N–H and O–H groups in total. The Kier molecular flexibility index (Phi) is 5.85. The maximum atomic E-state index is 12.5. The molecule has 0 bridgehead atoms. The molecule has 2 aromatic rings. The van der Waals surface area contributed by atoms with Gasteiger partial charge in [0.05, 0.1) is 17.3 Å². The van der Waals surface area contributed by atoms with Crippen molar-refractivity contribution in [2.24, 2.45) is 0 Å². The molecule has 8 heteroatoms. The molecule has 27 heavy (non-hydrogen) atoms. The van der Waals surface area contributed by atoms with Crippen molar-refractivity contribution in [1.29, 1.82) is 0 Å². The number of fused-ring (bicyclic) bond motifs is 1. The summed E-state index contributed by atoms with van der Waals surface area (Å²) in [4.78, 5) is 12.2. The van der Waals surface area contributed by atoms with Crippen molar-refractivity contribution >= 4 is 21.4 Å². The first-order chi connectivity index (χ1) is 13.0. The number of sulfone groups is 1. The summed E-state index contributed by atoms with van der Waals surface area (Å²) in [7, 11) is -3.61. The minimum absolute atomic E-state index is 0.112. The Hall–Kier alpha value is -2.74. The van der Waals surface area contributed by atoms with Crippen LogP contribution in [0.4, 0.5) is 5.69 Å². The van der Waals surface area contributed by atoms with Crippen LogP contribution in [0.5, 0.6) is 17.2 Å². The number of amides is 1. The van der Waals surface area contributed by atoms with Gasteiger partial charge in [-0.1, -0.05) is 0 Å². The smallest absolute Gasteiger partial charge is 0.225 e. The summed E-state index contributed by atoms with van der Waals surface area (Å²) in [5.41, 5.74) is 0.584. The van der Waals surface area contributed by atoms with Crippen molar-refractivity contribution in [1.82, 2.24) is 0 Å². The van der Waals surface area contributed by atoms with Crippen LogP contribution in [0.15, 0.2) is 47.4 Å². The molecule has 1 heterocycles.